The highest BCUT2D eigenvalue weighted by Crippen LogP contribution is 2.39. The second kappa shape index (κ2) is 6.37. The SMILES string of the molecule is C=C(C)Cc1cc2c(cc1OCc1ccc(C)cc1C)OCO2. The first kappa shape index (κ1) is 15.5. The second-order valence-corrected chi connectivity index (χ2v) is 6.17. The van der Waals surface area contributed by atoms with Crippen LogP contribution in [0.3, 0.4) is 0 Å². The van der Waals surface area contributed by atoms with Crippen molar-refractivity contribution in [2.24, 2.45) is 0 Å². The molecule has 0 saturated carbocycles. The van der Waals surface area contributed by atoms with Crippen LogP contribution in [0.4, 0.5) is 0 Å². The predicted octanol–water partition coefficient (Wildman–Crippen LogP) is 4.73. The van der Waals surface area contributed by atoms with Gasteiger partial charge in [0, 0.05) is 11.6 Å². The molecular formula is C20H22O3. The van der Waals surface area contributed by atoms with Crippen LogP contribution in [0.15, 0.2) is 42.5 Å². The molecule has 3 rings (SSSR count). The molecule has 1 aliphatic heterocycles. The molecule has 1 heterocycles. The number of rotatable bonds is 5. The largest absolute Gasteiger partial charge is 0.488 e. The highest BCUT2D eigenvalue weighted by Gasteiger charge is 2.18. The zero-order valence-electron chi connectivity index (χ0n) is 13.9. The second-order valence-electron chi connectivity index (χ2n) is 6.17. The average molecular weight is 310 g/mol. The minimum atomic E-state index is 0.266. The molecule has 120 valence electrons. The number of benzene rings is 2. The molecule has 0 aromatic heterocycles. The minimum absolute atomic E-state index is 0.266. The van der Waals surface area contributed by atoms with Crippen molar-refractivity contribution < 1.29 is 14.2 Å². The van der Waals surface area contributed by atoms with Crippen molar-refractivity contribution >= 4 is 0 Å². The Labute approximate surface area is 137 Å². The fourth-order valence-corrected chi connectivity index (χ4v) is 2.73. The molecule has 0 aliphatic carbocycles. The first-order chi connectivity index (χ1) is 11.0. The van der Waals surface area contributed by atoms with E-state index in [1.807, 2.05) is 19.1 Å². The van der Waals surface area contributed by atoms with Gasteiger partial charge in [-0.3, -0.25) is 0 Å². The van der Waals surface area contributed by atoms with Gasteiger partial charge in [-0.05, 0) is 44.4 Å². The summed E-state index contributed by atoms with van der Waals surface area (Å²) in [5.74, 6) is 2.35. The van der Waals surface area contributed by atoms with E-state index in [9.17, 15) is 0 Å². The summed E-state index contributed by atoms with van der Waals surface area (Å²) in [6.07, 6.45) is 0.763. The Kier molecular flexibility index (Phi) is 4.28. The molecule has 0 atom stereocenters. The van der Waals surface area contributed by atoms with E-state index in [-0.39, 0.29) is 6.79 Å². The fraction of sp³-hybridized carbons (Fsp3) is 0.300. The van der Waals surface area contributed by atoms with Gasteiger partial charge in [-0.25, -0.2) is 0 Å². The van der Waals surface area contributed by atoms with E-state index in [1.165, 1.54) is 16.7 Å². The van der Waals surface area contributed by atoms with E-state index >= 15 is 0 Å². The Morgan fingerprint density at radius 3 is 2.52 bits per heavy atom. The normalized spacial score (nSPS) is 12.3. The molecule has 0 radical (unpaired) electrons. The van der Waals surface area contributed by atoms with Gasteiger partial charge in [0.1, 0.15) is 12.4 Å². The van der Waals surface area contributed by atoms with Crippen molar-refractivity contribution in [1.29, 1.82) is 0 Å². The maximum absolute atomic E-state index is 6.09. The van der Waals surface area contributed by atoms with Crippen LogP contribution in [0.2, 0.25) is 0 Å². The van der Waals surface area contributed by atoms with Gasteiger partial charge in [-0.15, -0.1) is 0 Å². The van der Waals surface area contributed by atoms with Crippen LogP contribution in [0.5, 0.6) is 17.2 Å². The molecule has 3 heteroatoms. The summed E-state index contributed by atoms with van der Waals surface area (Å²) in [6, 6.07) is 10.3. The van der Waals surface area contributed by atoms with Gasteiger partial charge in [0.2, 0.25) is 6.79 Å². The molecule has 0 fully saturated rings. The molecule has 0 unspecified atom stereocenters. The minimum Gasteiger partial charge on any atom is -0.488 e. The van der Waals surface area contributed by atoms with Crippen LogP contribution in [0, 0.1) is 13.8 Å². The Balaban J connectivity index is 1.84. The molecule has 3 nitrogen and oxygen atoms in total. The molecule has 2 aromatic carbocycles. The average Bonchev–Trinajstić information content (AvgIpc) is 2.92. The van der Waals surface area contributed by atoms with Gasteiger partial charge in [0.15, 0.2) is 11.5 Å². The third-order valence-corrected chi connectivity index (χ3v) is 3.93. The summed E-state index contributed by atoms with van der Waals surface area (Å²) in [6.45, 7) is 11.0. The van der Waals surface area contributed by atoms with Crippen LogP contribution >= 0.6 is 0 Å². The number of hydrogen-bond acceptors (Lipinski definition) is 3. The molecular weight excluding hydrogens is 288 g/mol. The zero-order chi connectivity index (χ0) is 16.4. The van der Waals surface area contributed by atoms with Crippen LogP contribution in [-0.2, 0) is 13.0 Å². The van der Waals surface area contributed by atoms with Gasteiger partial charge < -0.3 is 14.2 Å². The predicted molar refractivity (Wildman–Crippen MR) is 91.3 cm³/mol. The van der Waals surface area contributed by atoms with Crippen molar-refractivity contribution in [3.63, 3.8) is 0 Å². The lowest BCUT2D eigenvalue weighted by molar-refractivity contribution is 0.173. The topological polar surface area (TPSA) is 27.7 Å². The monoisotopic (exact) mass is 310 g/mol. The van der Waals surface area contributed by atoms with Crippen LogP contribution in [-0.4, -0.2) is 6.79 Å². The lowest BCUT2D eigenvalue weighted by atomic mass is 10.0. The summed E-state index contributed by atoms with van der Waals surface area (Å²) in [5.41, 5.74) is 5.85. The quantitative estimate of drug-likeness (QED) is 0.747. The standard InChI is InChI=1S/C20H22O3/c1-13(2)7-17-9-19-20(23-12-22-19)10-18(17)21-11-16-6-5-14(3)8-15(16)4/h5-6,8-10H,1,7,11-12H2,2-4H3. The highest BCUT2D eigenvalue weighted by molar-refractivity contribution is 5.52. The number of fused-ring (bicyclic) bond motifs is 1. The van der Waals surface area contributed by atoms with Crippen LogP contribution in [0.1, 0.15) is 29.2 Å². The first-order valence-corrected chi connectivity index (χ1v) is 7.79. The van der Waals surface area contributed by atoms with Crippen molar-refractivity contribution in [3.8, 4) is 17.2 Å². The Bertz CT molecular complexity index is 747. The molecule has 23 heavy (non-hydrogen) atoms. The van der Waals surface area contributed by atoms with Crippen molar-refractivity contribution in [2.75, 3.05) is 6.79 Å². The summed E-state index contributed by atoms with van der Waals surface area (Å²) >= 11 is 0. The summed E-state index contributed by atoms with van der Waals surface area (Å²) in [5, 5.41) is 0. The first-order valence-electron chi connectivity index (χ1n) is 7.79. The third kappa shape index (κ3) is 3.50. The van der Waals surface area contributed by atoms with Gasteiger partial charge in [0.05, 0.1) is 0 Å². The number of hydrogen-bond donors (Lipinski definition) is 0. The lowest BCUT2D eigenvalue weighted by Gasteiger charge is -2.14. The lowest BCUT2D eigenvalue weighted by Crippen LogP contribution is -2.01. The summed E-state index contributed by atoms with van der Waals surface area (Å²) in [7, 11) is 0. The molecule has 1 aliphatic rings. The maximum atomic E-state index is 6.09. The Morgan fingerprint density at radius 2 is 1.83 bits per heavy atom. The van der Waals surface area contributed by atoms with E-state index < -0.39 is 0 Å². The smallest absolute Gasteiger partial charge is 0.231 e. The van der Waals surface area contributed by atoms with Crippen molar-refractivity contribution in [3.05, 3.63) is 64.7 Å². The van der Waals surface area contributed by atoms with Crippen molar-refractivity contribution in [1.82, 2.24) is 0 Å². The number of aryl methyl sites for hydroxylation is 2. The van der Waals surface area contributed by atoms with Gasteiger partial charge in [0.25, 0.3) is 0 Å². The van der Waals surface area contributed by atoms with Crippen LogP contribution < -0.4 is 14.2 Å². The van der Waals surface area contributed by atoms with Gasteiger partial charge in [-0.1, -0.05) is 35.9 Å². The van der Waals surface area contributed by atoms with Crippen LogP contribution in [0.25, 0.3) is 0 Å². The van der Waals surface area contributed by atoms with Gasteiger partial charge in [-0.2, -0.15) is 0 Å². The van der Waals surface area contributed by atoms with E-state index in [1.54, 1.807) is 0 Å². The molecule has 0 N–H and O–H groups in total. The zero-order valence-corrected chi connectivity index (χ0v) is 13.9. The Hall–Kier alpha value is -2.42. The highest BCUT2D eigenvalue weighted by atomic mass is 16.7. The molecule has 2 aromatic rings. The molecule has 0 amide bonds. The molecule has 0 bridgehead atoms. The van der Waals surface area contributed by atoms with Gasteiger partial charge >= 0.3 is 0 Å². The third-order valence-electron chi connectivity index (χ3n) is 3.93. The van der Waals surface area contributed by atoms with Crippen molar-refractivity contribution in [2.45, 2.75) is 33.8 Å². The number of allylic oxidation sites excluding steroid dienone is 1. The van der Waals surface area contributed by atoms with E-state index in [0.29, 0.717) is 6.61 Å². The van der Waals surface area contributed by atoms with E-state index in [4.69, 9.17) is 14.2 Å². The molecule has 0 saturated heterocycles. The van der Waals surface area contributed by atoms with E-state index in [0.717, 1.165) is 34.8 Å². The summed E-state index contributed by atoms with van der Waals surface area (Å²) < 4.78 is 17.0. The number of ether oxygens (including phenoxy) is 3. The van der Waals surface area contributed by atoms with E-state index in [2.05, 4.69) is 38.6 Å². The maximum Gasteiger partial charge on any atom is 0.231 e. The fourth-order valence-electron chi connectivity index (χ4n) is 2.73. The Morgan fingerprint density at radius 1 is 1.09 bits per heavy atom. The summed E-state index contributed by atoms with van der Waals surface area (Å²) in [4.78, 5) is 0. The molecule has 0 spiro atoms.